The van der Waals surface area contributed by atoms with Crippen molar-refractivity contribution in [3.8, 4) is 0 Å². The van der Waals surface area contributed by atoms with Gasteiger partial charge in [-0.05, 0) is 40.7 Å². The molecule has 2 heterocycles. The molecule has 0 radical (unpaired) electrons. The number of sulfone groups is 1. The van der Waals surface area contributed by atoms with Gasteiger partial charge in [0.15, 0.2) is 15.5 Å². The molecule has 0 saturated carbocycles. The van der Waals surface area contributed by atoms with Crippen LogP contribution in [-0.2, 0) is 15.4 Å². The van der Waals surface area contributed by atoms with Crippen LogP contribution in [0.2, 0.25) is 5.15 Å². The van der Waals surface area contributed by atoms with Gasteiger partial charge >= 0.3 is 0 Å². The van der Waals surface area contributed by atoms with Gasteiger partial charge in [-0.1, -0.05) is 11.6 Å². The molecule has 0 aliphatic carbocycles. The topological polar surface area (TPSA) is 64.8 Å². The maximum Gasteiger partial charge on any atom is 0.183 e. The van der Waals surface area contributed by atoms with Crippen LogP contribution in [-0.4, -0.2) is 28.4 Å². The second-order valence-corrected chi connectivity index (χ2v) is 8.84. The van der Waals surface area contributed by atoms with Gasteiger partial charge in [-0.2, -0.15) is 5.10 Å². The molecule has 0 amide bonds. The van der Waals surface area contributed by atoms with Gasteiger partial charge in [0.25, 0.3) is 0 Å². The molecule has 0 aromatic carbocycles. The number of rotatable bonds is 2. The zero-order valence-corrected chi connectivity index (χ0v) is 13.7. The van der Waals surface area contributed by atoms with Gasteiger partial charge in [-0.3, -0.25) is 0 Å². The van der Waals surface area contributed by atoms with Gasteiger partial charge in [0.05, 0.1) is 17.0 Å². The average molecular weight is 316 g/mol. The van der Waals surface area contributed by atoms with Crippen molar-refractivity contribution in [2.45, 2.75) is 50.3 Å². The average Bonchev–Trinajstić information content (AvgIpc) is 2.69. The SMILES string of the molecule is CC(C)S(=O)(=O)c1cc2cnn(C(C)(C)C)c2nc1Cl. The number of pyridine rings is 1. The first kappa shape index (κ1) is 15.3. The summed E-state index contributed by atoms with van der Waals surface area (Å²) in [4.78, 5) is 4.30. The zero-order valence-electron chi connectivity index (χ0n) is 12.2. The van der Waals surface area contributed by atoms with Crippen molar-refractivity contribution in [1.29, 1.82) is 0 Å². The molecule has 20 heavy (non-hydrogen) atoms. The van der Waals surface area contributed by atoms with Gasteiger partial charge in [0.2, 0.25) is 0 Å². The Hall–Kier alpha value is -1.14. The number of hydrogen-bond acceptors (Lipinski definition) is 4. The molecule has 0 aliphatic heterocycles. The standard InChI is InChI=1S/C13H18ClN3O2S/c1-8(2)20(18,19)10-6-9-7-15-17(13(3,4)5)12(9)16-11(10)14/h6-8H,1-5H3. The summed E-state index contributed by atoms with van der Waals surface area (Å²) in [7, 11) is -3.46. The summed E-state index contributed by atoms with van der Waals surface area (Å²) in [5, 5.41) is 4.40. The van der Waals surface area contributed by atoms with E-state index in [-0.39, 0.29) is 15.6 Å². The monoisotopic (exact) mass is 315 g/mol. The number of fused-ring (bicyclic) bond motifs is 1. The fourth-order valence-electron chi connectivity index (χ4n) is 1.86. The van der Waals surface area contributed by atoms with Crippen LogP contribution in [0.15, 0.2) is 17.2 Å². The van der Waals surface area contributed by atoms with Gasteiger partial charge in [-0.25, -0.2) is 18.1 Å². The largest absolute Gasteiger partial charge is 0.242 e. The molecule has 0 saturated heterocycles. The summed E-state index contributed by atoms with van der Waals surface area (Å²) in [6.45, 7) is 9.22. The Bertz CT molecular complexity index is 758. The maximum atomic E-state index is 12.2. The van der Waals surface area contributed by atoms with E-state index in [2.05, 4.69) is 10.1 Å². The first-order valence-electron chi connectivity index (χ1n) is 6.34. The highest BCUT2D eigenvalue weighted by Gasteiger charge is 2.26. The van der Waals surface area contributed by atoms with Crippen molar-refractivity contribution in [2.24, 2.45) is 0 Å². The van der Waals surface area contributed by atoms with Crippen LogP contribution in [0, 0.1) is 0 Å². The van der Waals surface area contributed by atoms with E-state index in [4.69, 9.17) is 11.6 Å². The van der Waals surface area contributed by atoms with Crippen LogP contribution in [0.3, 0.4) is 0 Å². The fourth-order valence-corrected chi connectivity index (χ4v) is 3.40. The van der Waals surface area contributed by atoms with Crippen molar-refractivity contribution >= 4 is 32.5 Å². The number of hydrogen-bond donors (Lipinski definition) is 0. The summed E-state index contributed by atoms with van der Waals surface area (Å²) in [5.41, 5.74) is 0.335. The Labute approximate surface area is 123 Å². The Kier molecular flexibility index (Phi) is 3.59. The van der Waals surface area contributed by atoms with Crippen molar-refractivity contribution in [1.82, 2.24) is 14.8 Å². The Morgan fingerprint density at radius 2 is 1.90 bits per heavy atom. The first-order valence-corrected chi connectivity index (χ1v) is 8.26. The van der Waals surface area contributed by atoms with Crippen LogP contribution in [0.1, 0.15) is 34.6 Å². The predicted molar refractivity (Wildman–Crippen MR) is 79.9 cm³/mol. The number of halogens is 1. The lowest BCUT2D eigenvalue weighted by Gasteiger charge is -2.20. The minimum atomic E-state index is -3.46. The van der Waals surface area contributed by atoms with E-state index in [1.807, 2.05) is 20.8 Å². The third-order valence-corrected chi connectivity index (χ3v) is 5.59. The summed E-state index contributed by atoms with van der Waals surface area (Å²) in [6.07, 6.45) is 1.61. The van der Waals surface area contributed by atoms with E-state index in [1.165, 1.54) is 0 Å². The van der Waals surface area contributed by atoms with E-state index < -0.39 is 15.1 Å². The molecule has 0 spiro atoms. The van der Waals surface area contributed by atoms with E-state index in [0.717, 1.165) is 0 Å². The lowest BCUT2D eigenvalue weighted by Crippen LogP contribution is -2.23. The van der Waals surface area contributed by atoms with Gasteiger partial charge in [0.1, 0.15) is 10.0 Å². The Balaban J connectivity index is 2.74. The predicted octanol–water partition coefficient (Wildman–Crippen LogP) is 3.02. The van der Waals surface area contributed by atoms with Gasteiger partial charge < -0.3 is 0 Å². The Morgan fingerprint density at radius 1 is 1.30 bits per heavy atom. The van der Waals surface area contributed by atoms with Crippen LogP contribution in [0.4, 0.5) is 0 Å². The second kappa shape index (κ2) is 4.70. The minimum absolute atomic E-state index is 0.00259. The first-order chi connectivity index (χ1) is 9.05. The van der Waals surface area contributed by atoms with Crippen LogP contribution in [0.5, 0.6) is 0 Å². The molecule has 0 fully saturated rings. The van der Waals surface area contributed by atoms with Gasteiger partial charge in [-0.15, -0.1) is 0 Å². The molecule has 0 bridgehead atoms. The molecule has 2 rings (SSSR count). The zero-order chi connectivity index (χ0) is 15.3. The summed E-state index contributed by atoms with van der Waals surface area (Å²) in [6, 6.07) is 1.55. The van der Waals surface area contributed by atoms with Crippen LogP contribution in [0.25, 0.3) is 11.0 Å². The van der Waals surface area contributed by atoms with Crippen LogP contribution < -0.4 is 0 Å². The second-order valence-electron chi connectivity index (χ2n) is 6.01. The molecular formula is C13H18ClN3O2S. The molecule has 2 aromatic heterocycles. The summed E-state index contributed by atoms with van der Waals surface area (Å²) >= 11 is 6.08. The normalized spacial score (nSPS) is 13.3. The highest BCUT2D eigenvalue weighted by Crippen LogP contribution is 2.29. The lowest BCUT2D eigenvalue weighted by molar-refractivity contribution is 0.366. The molecule has 0 N–H and O–H groups in total. The molecule has 0 unspecified atom stereocenters. The third-order valence-electron chi connectivity index (χ3n) is 3.03. The quantitative estimate of drug-likeness (QED) is 0.799. The highest BCUT2D eigenvalue weighted by molar-refractivity contribution is 7.92. The highest BCUT2D eigenvalue weighted by atomic mass is 35.5. The van der Waals surface area contributed by atoms with Crippen LogP contribution >= 0.6 is 11.6 Å². The molecule has 110 valence electrons. The van der Waals surface area contributed by atoms with E-state index in [1.54, 1.807) is 30.8 Å². The van der Waals surface area contributed by atoms with Gasteiger partial charge in [0, 0.05) is 5.39 Å². The van der Waals surface area contributed by atoms with Crippen molar-refractivity contribution in [2.75, 3.05) is 0 Å². The van der Waals surface area contributed by atoms with E-state index >= 15 is 0 Å². The van der Waals surface area contributed by atoms with Crippen molar-refractivity contribution in [3.05, 3.63) is 17.4 Å². The third kappa shape index (κ3) is 2.42. The molecular weight excluding hydrogens is 298 g/mol. The molecule has 0 aliphatic rings. The van der Waals surface area contributed by atoms with Crippen molar-refractivity contribution in [3.63, 3.8) is 0 Å². The molecule has 7 heteroatoms. The van der Waals surface area contributed by atoms with Crippen molar-refractivity contribution < 1.29 is 8.42 Å². The number of aromatic nitrogens is 3. The Morgan fingerprint density at radius 3 is 2.40 bits per heavy atom. The molecule has 5 nitrogen and oxygen atoms in total. The lowest BCUT2D eigenvalue weighted by atomic mass is 10.1. The molecule has 2 aromatic rings. The fraction of sp³-hybridized carbons (Fsp3) is 0.538. The van der Waals surface area contributed by atoms with E-state index in [9.17, 15) is 8.42 Å². The summed E-state index contributed by atoms with van der Waals surface area (Å²) < 4.78 is 26.2. The number of nitrogens with zero attached hydrogens (tertiary/aromatic N) is 3. The summed E-state index contributed by atoms with van der Waals surface area (Å²) in [5.74, 6) is 0. The minimum Gasteiger partial charge on any atom is -0.242 e. The smallest absolute Gasteiger partial charge is 0.183 e. The molecule has 0 atom stereocenters. The maximum absolute atomic E-state index is 12.2. The van der Waals surface area contributed by atoms with E-state index in [0.29, 0.717) is 11.0 Å².